The minimum atomic E-state index is -0.385. The van der Waals surface area contributed by atoms with Gasteiger partial charge in [0, 0.05) is 12.1 Å². The van der Waals surface area contributed by atoms with Gasteiger partial charge in [0.2, 0.25) is 0 Å². The molecule has 17 heavy (non-hydrogen) atoms. The lowest BCUT2D eigenvalue weighted by molar-refractivity contribution is -0.384. The standard InChI is InChI=1S/C14H13NO2/c1-10-3-4-13(9-11(10)2)12-5-7-14(8-6-12)15(16)17/h3-9H,1-2H3. The van der Waals surface area contributed by atoms with Crippen LogP contribution >= 0.6 is 0 Å². The zero-order valence-electron chi connectivity index (χ0n) is 9.81. The molecule has 3 nitrogen and oxygen atoms in total. The van der Waals surface area contributed by atoms with E-state index in [2.05, 4.69) is 26.0 Å². The molecule has 0 spiro atoms. The summed E-state index contributed by atoms with van der Waals surface area (Å²) in [5.41, 5.74) is 4.68. The first kappa shape index (κ1) is 11.3. The highest BCUT2D eigenvalue weighted by molar-refractivity contribution is 5.66. The van der Waals surface area contributed by atoms with Crippen LogP contribution < -0.4 is 0 Å². The Kier molecular flexibility index (Phi) is 2.91. The van der Waals surface area contributed by atoms with Gasteiger partial charge in [0.25, 0.3) is 5.69 Å². The van der Waals surface area contributed by atoms with Crippen LogP contribution in [0.25, 0.3) is 11.1 Å². The second-order valence-electron chi connectivity index (χ2n) is 4.10. The fraction of sp³-hybridized carbons (Fsp3) is 0.143. The van der Waals surface area contributed by atoms with E-state index in [1.54, 1.807) is 12.1 Å². The van der Waals surface area contributed by atoms with Crippen molar-refractivity contribution < 1.29 is 4.92 Å². The Bertz CT molecular complexity index is 559. The summed E-state index contributed by atoms with van der Waals surface area (Å²) in [6.07, 6.45) is 0. The number of benzene rings is 2. The largest absolute Gasteiger partial charge is 0.269 e. The monoisotopic (exact) mass is 227 g/mol. The molecular weight excluding hydrogens is 214 g/mol. The van der Waals surface area contributed by atoms with Gasteiger partial charge in [-0.1, -0.05) is 18.2 Å². The summed E-state index contributed by atoms with van der Waals surface area (Å²) in [6, 6.07) is 12.8. The summed E-state index contributed by atoms with van der Waals surface area (Å²) in [5.74, 6) is 0. The molecule has 0 N–H and O–H groups in total. The van der Waals surface area contributed by atoms with Gasteiger partial charge in [-0.05, 0) is 48.2 Å². The molecule has 0 amide bonds. The second-order valence-corrected chi connectivity index (χ2v) is 4.10. The van der Waals surface area contributed by atoms with Crippen LogP contribution in [0.5, 0.6) is 0 Å². The van der Waals surface area contributed by atoms with Gasteiger partial charge in [-0.15, -0.1) is 0 Å². The molecule has 2 aromatic rings. The smallest absolute Gasteiger partial charge is 0.258 e. The lowest BCUT2D eigenvalue weighted by Gasteiger charge is -2.05. The third kappa shape index (κ3) is 2.33. The lowest BCUT2D eigenvalue weighted by Crippen LogP contribution is -1.88. The maximum Gasteiger partial charge on any atom is 0.269 e. The first-order valence-electron chi connectivity index (χ1n) is 5.40. The quantitative estimate of drug-likeness (QED) is 0.577. The molecule has 0 atom stereocenters. The third-order valence-corrected chi connectivity index (χ3v) is 2.92. The molecule has 0 unspecified atom stereocenters. The van der Waals surface area contributed by atoms with Crippen LogP contribution in [-0.4, -0.2) is 4.92 Å². The minimum absolute atomic E-state index is 0.123. The van der Waals surface area contributed by atoms with Gasteiger partial charge in [0.05, 0.1) is 4.92 Å². The van der Waals surface area contributed by atoms with Crippen molar-refractivity contribution in [2.24, 2.45) is 0 Å². The third-order valence-electron chi connectivity index (χ3n) is 2.92. The molecule has 0 fully saturated rings. The van der Waals surface area contributed by atoms with E-state index in [-0.39, 0.29) is 10.6 Å². The van der Waals surface area contributed by atoms with Gasteiger partial charge in [0.15, 0.2) is 0 Å². The summed E-state index contributed by atoms with van der Waals surface area (Å²) in [5, 5.41) is 10.6. The number of aryl methyl sites for hydroxylation is 2. The molecule has 0 saturated heterocycles. The Morgan fingerprint density at radius 2 is 1.47 bits per heavy atom. The van der Waals surface area contributed by atoms with E-state index in [1.807, 2.05) is 6.07 Å². The first-order chi connectivity index (χ1) is 8.08. The Morgan fingerprint density at radius 1 is 0.882 bits per heavy atom. The van der Waals surface area contributed by atoms with Crippen molar-refractivity contribution in [2.45, 2.75) is 13.8 Å². The second kappa shape index (κ2) is 4.37. The molecule has 0 radical (unpaired) electrons. The lowest BCUT2D eigenvalue weighted by atomic mass is 10.0. The van der Waals surface area contributed by atoms with Crippen molar-refractivity contribution >= 4 is 5.69 Å². The van der Waals surface area contributed by atoms with E-state index >= 15 is 0 Å². The van der Waals surface area contributed by atoms with Crippen LogP contribution in [0.2, 0.25) is 0 Å². The number of non-ortho nitro benzene ring substituents is 1. The predicted molar refractivity (Wildman–Crippen MR) is 68.0 cm³/mol. The van der Waals surface area contributed by atoms with Crippen LogP contribution in [0.15, 0.2) is 42.5 Å². The normalized spacial score (nSPS) is 10.2. The number of hydrogen-bond acceptors (Lipinski definition) is 2. The SMILES string of the molecule is Cc1ccc(-c2ccc([N+](=O)[O-])cc2)cc1C. The zero-order chi connectivity index (χ0) is 12.4. The number of rotatable bonds is 2. The average Bonchev–Trinajstić information content (AvgIpc) is 2.33. The summed E-state index contributed by atoms with van der Waals surface area (Å²) >= 11 is 0. The average molecular weight is 227 g/mol. The first-order valence-corrected chi connectivity index (χ1v) is 5.40. The Labute approximate surface area is 99.9 Å². The van der Waals surface area contributed by atoms with Gasteiger partial charge in [-0.2, -0.15) is 0 Å². The molecule has 0 aliphatic heterocycles. The van der Waals surface area contributed by atoms with E-state index in [4.69, 9.17) is 0 Å². The van der Waals surface area contributed by atoms with Gasteiger partial charge in [-0.25, -0.2) is 0 Å². The minimum Gasteiger partial charge on any atom is -0.258 e. The molecule has 0 aliphatic rings. The van der Waals surface area contributed by atoms with E-state index in [9.17, 15) is 10.1 Å². The van der Waals surface area contributed by atoms with Gasteiger partial charge < -0.3 is 0 Å². The van der Waals surface area contributed by atoms with Crippen LogP contribution in [0.1, 0.15) is 11.1 Å². The molecule has 0 saturated carbocycles. The van der Waals surface area contributed by atoms with Crippen molar-refractivity contribution in [3.05, 3.63) is 63.7 Å². The van der Waals surface area contributed by atoms with Crippen molar-refractivity contribution in [1.29, 1.82) is 0 Å². The Morgan fingerprint density at radius 3 is 2.00 bits per heavy atom. The molecular formula is C14H13NO2. The van der Waals surface area contributed by atoms with Crippen LogP contribution in [0.4, 0.5) is 5.69 Å². The van der Waals surface area contributed by atoms with Crippen molar-refractivity contribution in [3.8, 4) is 11.1 Å². The highest BCUT2D eigenvalue weighted by Crippen LogP contribution is 2.24. The fourth-order valence-electron chi connectivity index (χ4n) is 1.70. The number of nitro groups is 1. The number of nitro benzene ring substituents is 1. The highest BCUT2D eigenvalue weighted by atomic mass is 16.6. The van der Waals surface area contributed by atoms with Gasteiger partial charge in [-0.3, -0.25) is 10.1 Å². The maximum absolute atomic E-state index is 10.6. The maximum atomic E-state index is 10.6. The molecule has 0 aliphatic carbocycles. The van der Waals surface area contributed by atoms with Crippen molar-refractivity contribution in [3.63, 3.8) is 0 Å². The highest BCUT2D eigenvalue weighted by Gasteiger charge is 2.05. The van der Waals surface area contributed by atoms with E-state index in [0.29, 0.717) is 0 Å². The fourth-order valence-corrected chi connectivity index (χ4v) is 1.70. The Hall–Kier alpha value is -2.16. The summed E-state index contributed by atoms with van der Waals surface area (Å²) in [4.78, 5) is 10.2. The topological polar surface area (TPSA) is 43.1 Å². The van der Waals surface area contributed by atoms with Crippen molar-refractivity contribution in [1.82, 2.24) is 0 Å². The summed E-state index contributed by atoms with van der Waals surface area (Å²) in [7, 11) is 0. The van der Waals surface area contributed by atoms with E-state index < -0.39 is 0 Å². The molecule has 3 heteroatoms. The van der Waals surface area contributed by atoms with Crippen LogP contribution in [0.3, 0.4) is 0 Å². The zero-order valence-corrected chi connectivity index (χ0v) is 9.81. The summed E-state index contributed by atoms with van der Waals surface area (Å²) < 4.78 is 0. The summed E-state index contributed by atoms with van der Waals surface area (Å²) in [6.45, 7) is 4.12. The molecule has 0 aromatic heterocycles. The molecule has 2 rings (SSSR count). The number of nitrogens with zero attached hydrogens (tertiary/aromatic N) is 1. The molecule has 86 valence electrons. The number of hydrogen-bond donors (Lipinski definition) is 0. The molecule has 0 heterocycles. The van der Waals surface area contributed by atoms with Crippen LogP contribution in [0, 0.1) is 24.0 Å². The van der Waals surface area contributed by atoms with Crippen LogP contribution in [-0.2, 0) is 0 Å². The van der Waals surface area contributed by atoms with Crippen molar-refractivity contribution in [2.75, 3.05) is 0 Å². The molecule has 2 aromatic carbocycles. The predicted octanol–water partition coefficient (Wildman–Crippen LogP) is 3.88. The van der Waals surface area contributed by atoms with Gasteiger partial charge >= 0.3 is 0 Å². The van der Waals surface area contributed by atoms with E-state index in [0.717, 1.165) is 11.1 Å². The van der Waals surface area contributed by atoms with E-state index in [1.165, 1.54) is 23.3 Å². The Balaban J connectivity index is 2.39. The van der Waals surface area contributed by atoms with Gasteiger partial charge in [0.1, 0.15) is 0 Å². The molecule has 0 bridgehead atoms.